The maximum atomic E-state index is 12.3. The number of hydrogen-bond acceptors (Lipinski definition) is 6. The van der Waals surface area contributed by atoms with Gasteiger partial charge in [-0.3, -0.25) is 0 Å². The summed E-state index contributed by atoms with van der Waals surface area (Å²) in [7, 11) is -1.23. The summed E-state index contributed by atoms with van der Waals surface area (Å²) in [6.07, 6.45) is 0.172. The van der Waals surface area contributed by atoms with E-state index in [4.69, 9.17) is 9.47 Å². The minimum atomic E-state index is -4.55. The van der Waals surface area contributed by atoms with Gasteiger partial charge in [0.1, 0.15) is 21.6 Å². The van der Waals surface area contributed by atoms with Crippen molar-refractivity contribution in [2.24, 2.45) is 0 Å². The SMILES string of the molecule is COc1ccc(N(c2ccc(OC)cc2)c2ccc(-c3ccc4c(c3)c3ccccc3n4CCC(c3ccccc3)S(=O)(=O)[O-])cc2)cc1.[Na+]. The van der Waals surface area contributed by atoms with Crippen LogP contribution in [0.3, 0.4) is 0 Å². The van der Waals surface area contributed by atoms with E-state index in [9.17, 15) is 13.0 Å². The van der Waals surface area contributed by atoms with Crippen molar-refractivity contribution in [3.05, 3.63) is 151 Å². The standard InChI is InChI=1S/C41H36N2O5S.Na/c1-47-35-21-17-33(18-22-35)43(34-19-23-36(48-2)24-20-34)32-15-12-29(13-16-32)31-14-25-40-38(28-31)37-10-6-7-11-39(37)42(40)27-26-41(49(44,45)46)30-8-4-3-5-9-30;/h3-25,28,41H,26-27H2,1-2H3,(H,44,45,46);/q;+1/p-1. The number of anilines is 3. The molecule has 9 heteroatoms. The van der Waals surface area contributed by atoms with Crippen molar-refractivity contribution in [1.29, 1.82) is 0 Å². The fourth-order valence-corrected chi connectivity index (χ4v) is 7.46. The van der Waals surface area contributed by atoms with E-state index in [-0.39, 0.29) is 36.0 Å². The molecule has 0 saturated heterocycles. The first-order chi connectivity index (χ1) is 23.8. The van der Waals surface area contributed by atoms with Crippen LogP contribution in [-0.2, 0) is 16.7 Å². The molecule has 6 aromatic carbocycles. The first-order valence-corrected chi connectivity index (χ1v) is 17.5. The average molecular weight is 691 g/mol. The molecule has 0 amide bonds. The van der Waals surface area contributed by atoms with E-state index in [1.54, 1.807) is 38.5 Å². The molecule has 7 nitrogen and oxygen atoms in total. The minimum Gasteiger partial charge on any atom is -0.747 e. The maximum Gasteiger partial charge on any atom is 1.00 e. The molecule has 0 aliphatic rings. The second kappa shape index (κ2) is 15.1. The van der Waals surface area contributed by atoms with E-state index in [0.29, 0.717) is 12.1 Å². The smallest absolute Gasteiger partial charge is 0.747 e. The quantitative estimate of drug-likeness (QED) is 0.112. The van der Waals surface area contributed by atoms with E-state index in [1.165, 1.54) is 0 Å². The number of nitrogens with zero attached hydrogens (tertiary/aromatic N) is 2. The second-order valence-electron chi connectivity index (χ2n) is 11.9. The van der Waals surface area contributed by atoms with Gasteiger partial charge in [0.05, 0.1) is 19.5 Å². The van der Waals surface area contributed by atoms with Crippen molar-refractivity contribution in [3.63, 3.8) is 0 Å². The van der Waals surface area contributed by atoms with E-state index in [1.807, 2.05) is 72.8 Å². The van der Waals surface area contributed by atoms with Crippen molar-refractivity contribution in [1.82, 2.24) is 4.57 Å². The summed E-state index contributed by atoms with van der Waals surface area (Å²) in [6, 6.07) is 47.7. The van der Waals surface area contributed by atoms with Crippen LogP contribution in [0, 0.1) is 0 Å². The van der Waals surface area contributed by atoms with Gasteiger partial charge in [-0.15, -0.1) is 0 Å². The van der Waals surface area contributed by atoms with Crippen LogP contribution in [0.4, 0.5) is 17.1 Å². The Bertz CT molecular complexity index is 2280. The van der Waals surface area contributed by atoms with Crippen molar-refractivity contribution < 1.29 is 52.0 Å². The number of benzene rings is 6. The summed E-state index contributed by atoms with van der Waals surface area (Å²) in [5.74, 6) is 1.58. The fraction of sp³-hybridized carbons (Fsp3) is 0.122. The minimum absolute atomic E-state index is 0. The number of para-hydroxylation sites is 1. The Balaban J connectivity index is 0.00000432. The Hall–Kier alpha value is -4.57. The molecule has 0 spiro atoms. The Morgan fingerprint density at radius 1 is 0.620 bits per heavy atom. The average Bonchev–Trinajstić information content (AvgIpc) is 3.45. The summed E-state index contributed by atoms with van der Waals surface area (Å²) in [6.45, 7) is 0.381. The molecule has 0 fully saturated rings. The predicted molar refractivity (Wildman–Crippen MR) is 196 cm³/mol. The van der Waals surface area contributed by atoms with Crippen molar-refractivity contribution in [2.45, 2.75) is 18.2 Å². The Morgan fingerprint density at radius 2 is 1.12 bits per heavy atom. The van der Waals surface area contributed by atoms with Gasteiger partial charge in [-0.25, -0.2) is 8.42 Å². The summed E-state index contributed by atoms with van der Waals surface area (Å²) >= 11 is 0. The zero-order valence-electron chi connectivity index (χ0n) is 28.2. The van der Waals surface area contributed by atoms with Gasteiger partial charge < -0.3 is 23.5 Å². The Morgan fingerprint density at radius 3 is 1.68 bits per heavy atom. The van der Waals surface area contributed by atoms with Crippen LogP contribution in [-0.4, -0.2) is 31.8 Å². The summed E-state index contributed by atoms with van der Waals surface area (Å²) in [4.78, 5) is 2.18. The topological polar surface area (TPSA) is 83.8 Å². The Kier molecular flexibility index (Phi) is 10.7. The van der Waals surface area contributed by atoms with Crippen LogP contribution >= 0.6 is 0 Å². The second-order valence-corrected chi connectivity index (χ2v) is 13.4. The van der Waals surface area contributed by atoms with E-state index >= 15 is 0 Å². The van der Waals surface area contributed by atoms with Crippen LogP contribution in [0.1, 0.15) is 17.2 Å². The van der Waals surface area contributed by atoms with Crippen molar-refractivity contribution in [3.8, 4) is 22.6 Å². The van der Waals surface area contributed by atoms with Gasteiger partial charge in [-0.2, -0.15) is 0 Å². The molecule has 50 heavy (non-hydrogen) atoms. The number of methoxy groups -OCH3 is 2. The van der Waals surface area contributed by atoms with Gasteiger partial charge in [0.2, 0.25) is 0 Å². The zero-order chi connectivity index (χ0) is 34.0. The van der Waals surface area contributed by atoms with Gasteiger partial charge in [0.25, 0.3) is 0 Å². The third-order valence-electron chi connectivity index (χ3n) is 9.03. The number of ether oxygens (including phenoxy) is 2. The van der Waals surface area contributed by atoms with Gasteiger partial charge in [-0.05, 0) is 102 Å². The number of hydrogen-bond donors (Lipinski definition) is 0. The molecule has 1 atom stereocenters. The van der Waals surface area contributed by atoms with Gasteiger partial charge in [0, 0.05) is 45.4 Å². The first kappa shape index (κ1) is 35.3. The maximum absolute atomic E-state index is 12.3. The van der Waals surface area contributed by atoms with Crippen molar-refractivity contribution in [2.75, 3.05) is 19.1 Å². The van der Waals surface area contributed by atoms with Crippen LogP contribution in [0.15, 0.2) is 146 Å². The number of aryl methyl sites for hydroxylation is 1. The molecule has 7 aromatic rings. The van der Waals surface area contributed by atoms with Gasteiger partial charge in [0.15, 0.2) is 0 Å². The van der Waals surface area contributed by atoms with Crippen LogP contribution in [0.25, 0.3) is 32.9 Å². The van der Waals surface area contributed by atoms with Gasteiger partial charge in [-0.1, -0.05) is 66.7 Å². The molecule has 1 aromatic heterocycles. The monoisotopic (exact) mass is 690 g/mol. The summed E-state index contributed by atoms with van der Waals surface area (Å²) in [5.41, 5.74) is 7.61. The largest absolute Gasteiger partial charge is 1.00 e. The summed E-state index contributed by atoms with van der Waals surface area (Å²) < 4.78 is 49.9. The van der Waals surface area contributed by atoms with E-state index < -0.39 is 15.4 Å². The van der Waals surface area contributed by atoms with Gasteiger partial charge >= 0.3 is 29.6 Å². The number of rotatable bonds is 11. The molecule has 0 aliphatic heterocycles. The molecule has 0 saturated carbocycles. The predicted octanol–water partition coefficient (Wildman–Crippen LogP) is 6.63. The van der Waals surface area contributed by atoms with E-state index in [2.05, 4.69) is 58.0 Å². The third kappa shape index (κ3) is 7.17. The molecular formula is C41H35N2NaO5S. The molecule has 1 heterocycles. The van der Waals surface area contributed by atoms with Crippen LogP contribution in [0.2, 0.25) is 0 Å². The fourth-order valence-electron chi connectivity index (χ4n) is 6.58. The zero-order valence-corrected chi connectivity index (χ0v) is 31.0. The number of aromatic nitrogens is 1. The van der Waals surface area contributed by atoms with Crippen molar-refractivity contribution >= 4 is 49.0 Å². The first-order valence-electron chi connectivity index (χ1n) is 16.0. The molecule has 0 bridgehead atoms. The summed E-state index contributed by atoms with van der Waals surface area (Å²) in [5, 5.41) is 1.01. The molecule has 1 unspecified atom stereocenters. The van der Waals surface area contributed by atoms with Crippen LogP contribution in [0.5, 0.6) is 11.5 Å². The Labute approximate surface area is 314 Å². The van der Waals surface area contributed by atoms with Crippen LogP contribution < -0.4 is 43.9 Å². The normalized spacial score (nSPS) is 12.0. The number of fused-ring (bicyclic) bond motifs is 3. The molecule has 0 aliphatic carbocycles. The molecule has 7 rings (SSSR count). The molecule has 0 N–H and O–H groups in total. The molecule has 246 valence electrons. The molecule has 0 radical (unpaired) electrons. The van der Waals surface area contributed by atoms with E-state index in [0.717, 1.165) is 61.5 Å². The molecular weight excluding hydrogens is 656 g/mol. The third-order valence-corrected chi connectivity index (χ3v) is 10.2.